The first-order chi connectivity index (χ1) is 15.0. The maximum absolute atomic E-state index is 13.0. The number of aliphatic carboxylic acids is 1. The van der Waals surface area contributed by atoms with E-state index in [2.05, 4.69) is 10.2 Å². The van der Waals surface area contributed by atoms with E-state index in [-0.39, 0.29) is 6.54 Å². The normalized spacial score (nSPS) is 16.5. The number of hydrogen-bond donors (Lipinski definition) is 2. The molecule has 4 rings (SSSR count). The SMILES string of the molecule is O=C(O)C(F)(F)F.O=S(=O)(c1cccs1)N1CCOc2c(N3CCNCC3)cc(Cl)cc21. The van der Waals surface area contributed by atoms with Crippen molar-refractivity contribution >= 4 is 50.3 Å². The maximum atomic E-state index is 13.0. The second-order valence-electron chi connectivity index (χ2n) is 6.67. The lowest BCUT2D eigenvalue weighted by molar-refractivity contribution is -0.192. The van der Waals surface area contributed by atoms with E-state index in [0.29, 0.717) is 27.3 Å². The fourth-order valence-corrected chi connectivity index (χ4v) is 5.91. The molecule has 176 valence electrons. The van der Waals surface area contributed by atoms with Gasteiger partial charge >= 0.3 is 12.1 Å². The summed E-state index contributed by atoms with van der Waals surface area (Å²) < 4.78 is 65.4. The van der Waals surface area contributed by atoms with E-state index in [1.54, 1.807) is 23.6 Å². The molecule has 1 saturated heterocycles. The fraction of sp³-hybridized carbons (Fsp3) is 0.389. The molecule has 14 heteroatoms. The number of anilines is 2. The monoisotopic (exact) mass is 513 g/mol. The molecule has 0 spiro atoms. The molecule has 2 aromatic rings. The highest BCUT2D eigenvalue weighted by molar-refractivity contribution is 7.94. The van der Waals surface area contributed by atoms with Crippen molar-refractivity contribution in [2.45, 2.75) is 10.4 Å². The molecule has 0 radical (unpaired) electrons. The average molecular weight is 514 g/mol. The predicted molar refractivity (Wildman–Crippen MR) is 115 cm³/mol. The third-order valence-corrected chi connectivity index (χ3v) is 7.97. The second kappa shape index (κ2) is 9.73. The first kappa shape index (κ1) is 24.4. The van der Waals surface area contributed by atoms with E-state index in [4.69, 9.17) is 26.2 Å². The zero-order chi connectivity index (χ0) is 23.5. The molecule has 3 heterocycles. The molecule has 2 aliphatic heterocycles. The number of ether oxygens (including phenoxy) is 1. The Morgan fingerprint density at radius 2 is 1.81 bits per heavy atom. The van der Waals surface area contributed by atoms with Crippen LogP contribution in [0, 0.1) is 0 Å². The smallest absolute Gasteiger partial charge is 0.487 e. The van der Waals surface area contributed by atoms with Crippen molar-refractivity contribution < 1.29 is 36.2 Å². The van der Waals surface area contributed by atoms with E-state index in [1.165, 1.54) is 15.6 Å². The largest absolute Gasteiger partial charge is 0.490 e. The summed E-state index contributed by atoms with van der Waals surface area (Å²) in [5.74, 6) is -2.16. The molecule has 0 saturated carbocycles. The van der Waals surface area contributed by atoms with Crippen molar-refractivity contribution in [3.63, 3.8) is 0 Å². The molecule has 32 heavy (non-hydrogen) atoms. The highest BCUT2D eigenvalue weighted by Gasteiger charge is 2.38. The Bertz CT molecular complexity index is 1060. The molecule has 0 aliphatic carbocycles. The van der Waals surface area contributed by atoms with Crippen LogP contribution in [0.4, 0.5) is 24.5 Å². The summed E-state index contributed by atoms with van der Waals surface area (Å²) in [5.41, 5.74) is 1.37. The lowest BCUT2D eigenvalue weighted by atomic mass is 10.2. The van der Waals surface area contributed by atoms with Gasteiger partial charge in [0.2, 0.25) is 0 Å². The highest BCUT2D eigenvalue weighted by Crippen LogP contribution is 2.45. The summed E-state index contributed by atoms with van der Waals surface area (Å²) in [6, 6.07) is 6.89. The summed E-state index contributed by atoms with van der Waals surface area (Å²) in [4.78, 5) is 11.1. The lowest BCUT2D eigenvalue weighted by Gasteiger charge is -2.36. The Morgan fingerprint density at radius 1 is 1.19 bits per heavy atom. The molecule has 1 aromatic heterocycles. The van der Waals surface area contributed by atoms with E-state index < -0.39 is 22.2 Å². The zero-order valence-electron chi connectivity index (χ0n) is 16.4. The number of thiophene rings is 1. The van der Waals surface area contributed by atoms with Gasteiger partial charge in [-0.15, -0.1) is 11.3 Å². The van der Waals surface area contributed by atoms with Gasteiger partial charge in [0.05, 0.1) is 17.9 Å². The number of halogens is 4. The Labute approximate surface area is 191 Å². The van der Waals surface area contributed by atoms with Crippen molar-refractivity contribution in [2.24, 2.45) is 0 Å². The molecule has 0 unspecified atom stereocenters. The minimum absolute atomic E-state index is 0.272. The van der Waals surface area contributed by atoms with Gasteiger partial charge in [-0.2, -0.15) is 13.2 Å². The number of carboxylic acids is 1. The summed E-state index contributed by atoms with van der Waals surface area (Å²) >= 11 is 7.54. The van der Waals surface area contributed by atoms with Crippen LogP contribution in [0.2, 0.25) is 5.02 Å². The van der Waals surface area contributed by atoms with Crippen LogP contribution < -0.4 is 19.3 Å². The second-order valence-corrected chi connectivity index (χ2v) is 10.1. The van der Waals surface area contributed by atoms with Gasteiger partial charge in [-0.1, -0.05) is 17.7 Å². The van der Waals surface area contributed by atoms with Crippen LogP contribution in [0.25, 0.3) is 0 Å². The van der Waals surface area contributed by atoms with Gasteiger partial charge in [-0.05, 0) is 23.6 Å². The number of piperazine rings is 1. The number of benzene rings is 1. The Morgan fingerprint density at radius 3 is 2.38 bits per heavy atom. The molecule has 8 nitrogen and oxygen atoms in total. The first-order valence-corrected chi connectivity index (χ1v) is 12.0. The maximum Gasteiger partial charge on any atom is 0.490 e. The van der Waals surface area contributed by atoms with Crippen LogP contribution in [0.5, 0.6) is 5.75 Å². The van der Waals surface area contributed by atoms with E-state index in [9.17, 15) is 21.6 Å². The van der Waals surface area contributed by atoms with Gasteiger partial charge in [-0.3, -0.25) is 4.31 Å². The third-order valence-electron chi connectivity index (χ3n) is 4.56. The minimum Gasteiger partial charge on any atom is -0.487 e. The number of nitrogens with zero attached hydrogens (tertiary/aromatic N) is 2. The standard InChI is InChI=1S/C16H18ClN3O3S2.C2HF3O2/c17-12-10-13(19-5-3-18-4-6-19)16-14(11-12)20(7-8-23-16)25(21,22)15-2-1-9-24-15;3-2(4,5)1(6)7/h1-2,9-11,18H,3-8H2;(H,6,7). The molecule has 0 atom stereocenters. The summed E-state index contributed by atoms with van der Waals surface area (Å²) in [6.07, 6.45) is -5.08. The van der Waals surface area contributed by atoms with Crippen LogP contribution in [0.15, 0.2) is 33.9 Å². The van der Waals surface area contributed by atoms with Crippen molar-refractivity contribution in [1.29, 1.82) is 0 Å². The highest BCUT2D eigenvalue weighted by atomic mass is 35.5. The Kier molecular flexibility index (Phi) is 7.43. The molecule has 1 fully saturated rings. The zero-order valence-corrected chi connectivity index (χ0v) is 18.8. The predicted octanol–water partition coefficient (Wildman–Crippen LogP) is 3.03. The molecule has 2 N–H and O–H groups in total. The van der Waals surface area contributed by atoms with Gasteiger partial charge in [0, 0.05) is 31.2 Å². The number of hydrogen-bond acceptors (Lipinski definition) is 7. The number of nitrogens with one attached hydrogen (secondary N) is 1. The number of rotatable bonds is 3. The minimum atomic E-state index is -5.08. The summed E-state index contributed by atoms with van der Waals surface area (Å²) in [5, 5.41) is 12.7. The number of fused-ring (bicyclic) bond motifs is 1. The summed E-state index contributed by atoms with van der Waals surface area (Å²) in [6.45, 7) is 3.99. The van der Waals surface area contributed by atoms with Crippen LogP contribution in [0.3, 0.4) is 0 Å². The Hall–Kier alpha value is -2.22. The van der Waals surface area contributed by atoms with Crippen LogP contribution >= 0.6 is 22.9 Å². The Balaban J connectivity index is 0.000000360. The van der Waals surface area contributed by atoms with Crippen molar-refractivity contribution in [1.82, 2.24) is 5.32 Å². The van der Waals surface area contributed by atoms with Gasteiger partial charge in [0.25, 0.3) is 10.0 Å². The number of alkyl halides is 3. The van der Waals surface area contributed by atoms with Crippen LogP contribution in [-0.4, -0.2) is 65.0 Å². The number of carboxylic acid groups (broad SMARTS) is 1. The third kappa shape index (κ3) is 5.39. The fourth-order valence-electron chi connectivity index (χ4n) is 3.16. The molecule has 1 aromatic carbocycles. The van der Waals surface area contributed by atoms with Gasteiger partial charge in [-0.25, -0.2) is 13.2 Å². The summed E-state index contributed by atoms with van der Waals surface area (Å²) in [7, 11) is -3.61. The molecule has 0 amide bonds. The van der Waals surface area contributed by atoms with E-state index >= 15 is 0 Å². The van der Waals surface area contributed by atoms with Crippen LogP contribution in [-0.2, 0) is 14.8 Å². The molecule has 0 bridgehead atoms. The van der Waals surface area contributed by atoms with E-state index in [0.717, 1.165) is 31.9 Å². The number of sulfonamides is 1. The topological polar surface area (TPSA) is 99.2 Å². The number of carbonyl (C=O) groups is 1. The van der Waals surface area contributed by atoms with E-state index in [1.807, 2.05) is 6.07 Å². The molecular formula is C18H19ClF3N3O5S2. The quantitative estimate of drug-likeness (QED) is 0.651. The average Bonchev–Trinajstić information content (AvgIpc) is 3.29. The van der Waals surface area contributed by atoms with Crippen molar-refractivity contribution in [2.75, 3.05) is 48.5 Å². The van der Waals surface area contributed by atoms with Gasteiger partial charge in [0.15, 0.2) is 5.75 Å². The molecule has 2 aliphatic rings. The first-order valence-electron chi connectivity index (χ1n) is 9.30. The van der Waals surface area contributed by atoms with Crippen molar-refractivity contribution in [3.8, 4) is 5.75 Å². The van der Waals surface area contributed by atoms with Crippen molar-refractivity contribution in [3.05, 3.63) is 34.7 Å². The van der Waals surface area contributed by atoms with Gasteiger partial charge < -0.3 is 20.1 Å². The van der Waals surface area contributed by atoms with Crippen LogP contribution in [0.1, 0.15) is 0 Å². The lowest BCUT2D eigenvalue weighted by Crippen LogP contribution is -2.44. The molecular weight excluding hydrogens is 495 g/mol. The van der Waals surface area contributed by atoms with Gasteiger partial charge in [0.1, 0.15) is 10.8 Å².